The molecule has 4 unspecified atom stereocenters. The van der Waals surface area contributed by atoms with Gasteiger partial charge in [0.25, 0.3) is 0 Å². The number of hydrogen-bond acceptors (Lipinski definition) is 4. The van der Waals surface area contributed by atoms with Crippen molar-refractivity contribution in [3.63, 3.8) is 0 Å². The number of rotatable bonds is 4. The Kier molecular flexibility index (Phi) is 5.27. The summed E-state index contributed by atoms with van der Waals surface area (Å²) >= 11 is 0. The molecular formula is C26H37N3O3. The van der Waals surface area contributed by atoms with E-state index in [1.54, 1.807) is 0 Å². The van der Waals surface area contributed by atoms with E-state index in [2.05, 4.69) is 61.1 Å². The summed E-state index contributed by atoms with van der Waals surface area (Å²) in [6.07, 6.45) is 6.86. The number of nitrogens with zero attached hydrogens (tertiary/aromatic N) is 3. The molecule has 0 bridgehead atoms. The molecule has 1 aromatic rings. The van der Waals surface area contributed by atoms with Crippen LogP contribution in [0.1, 0.15) is 81.9 Å². The molecule has 4 aliphatic rings. The van der Waals surface area contributed by atoms with Gasteiger partial charge in [-0.25, -0.2) is 5.01 Å². The van der Waals surface area contributed by atoms with E-state index < -0.39 is 11.4 Å². The molecule has 174 valence electrons. The average Bonchev–Trinajstić information content (AvgIpc) is 3.58. The number of hydrogen-bond donors (Lipinski definition) is 1. The number of carboxylic acid groups (broad SMARTS) is 1. The van der Waals surface area contributed by atoms with Crippen LogP contribution in [0.25, 0.3) is 0 Å². The lowest BCUT2D eigenvalue weighted by Crippen LogP contribution is -2.58. The second kappa shape index (κ2) is 7.75. The third-order valence-corrected chi connectivity index (χ3v) is 8.78. The fraction of sp³-hybridized carbons (Fsp3) is 0.692. The minimum Gasteiger partial charge on any atom is -0.481 e. The van der Waals surface area contributed by atoms with Gasteiger partial charge >= 0.3 is 5.97 Å². The lowest BCUT2D eigenvalue weighted by atomic mass is 9.69. The zero-order chi connectivity index (χ0) is 22.8. The smallest absolute Gasteiger partial charge is 0.306 e. The van der Waals surface area contributed by atoms with Crippen molar-refractivity contribution in [3.8, 4) is 0 Å². The maximum Gasteiger partial charge on any atom is 0.306 e. The molecule has 1 aromatic carbocycles. The van der Waals surface area contributed by atoms with Crippen LogP contribution < -0.4 is 5.01 Å². The van der Waals surface area contributed by atoms with E-state index in [9.17, 15) is 14.7 Å². The van der Waals surface area contributed by atoms with Crippen molar-refractivity contribution in [1.29, 1.82) is 0 Å². The van der Waals surface area contributed by atoms with Crippen molar-refractivity contribution in [1.82, 2.24) is 9.91 Å². The van der Waals surface area contributed by atoms with Crippen molar-refractivity contribution >= 4 is 17.6 Å². The Balaban J connectivity index is 1.49. The lowest BCUT2D eigenvalue weighted by molar-refractivity contribution is -0.158. The van der Waals surface area contributed by atoms with Gasteiger partial charge in [-0.05, 0) is 75.8 Å². The topological polar surface area (TPSA) is 64.1 Å². The summed E-state index contributed by atoms with van der Waals surface area (Å²) in [6, 6.07) is 6.62. The number of aliphatic carboxylic acids is 1. The number of carbonyl (C=O) groups excluding carboxylic acids is 1. The van der Waals surface area contributed by atoms with Gasteiger partial charge in [0, 0.05) is 32.2 Å². The number of anilines is 1. The van der Waals surface area contributed by atoms with Crippen LogP contribution in [0.4, 0.5) is 5.69 Å². The summed E-state index contributed by atoms with van der Waals surface area (Å²) in [5.74, 6) is -0.106. The highest BCUT2D eigenvalue weighted by atomic mass is 16.4. The van der Waals surface area contributed by atoms with Crippen molar-refractivity contribution in [2.24, 2.45) is 17.3 Å². The van der Waals surface area contributed by atoms with Crippen molar-refractivity contribution in [2.45, 2.75) is 76.8 Å². The van der Waals surface area contributed by atoms with Crippen LogP contribution in [0.2, 0.25) is 0 Å². The number of carbonyl (C=O) groups is 2. The van der Waals surface area contributed by atoms with Crippen LogP contribution in [-0.2, 0) is 9.59 Å². The minimum absolute atomic E-state index is 0.0222. The predicted octanol–water partition coefficient (Wildman–Crippen LogP) is 4.42. The summed E-state index contributed by atoms with van der Waals surface area (Å²) < 4.78 is 0. The van der Waals surface area contributed by atoms with Gasteiger partial charge in [-0.3, -0.25) is 9.59 Å². The van der Waals surface area contributed by atoms with Gasteiger partial charge in [-0.15, -0.1) is 0 Å². The van der Waals surface area contributed by atoms with Crippen LogP contribution in [0.5, 0.6) is 0 Å². The highest BCUT2D eigenvalue weighted by Gasteiger charge is 2.52. The molecule has 1 saturated heterocycles. The molecule has 1 amide bonds. The van der Waals surface area contributed by atoms with Gasteiger partial charge in [0.15, 0.2) is 0 Å². The molecule has 1 N–H and O–H groups in total. The Morgan fingerprint density at radius 2 is 1.78 bits per heavy atom. The molecule has 3 fully saturated rings. The van der Waals surface area contributed by atoms with Gasteiger partial charge in [0.05, 0.1) is 23.1 Å². The number of piperidine rings is 1. The first-order chi connectivity index (χ1) is 15.2. The highest BCUT2D eigenvalue weighted by molar-refractivity contribution is 5.85. The summed E-state index contributed by atoms with van der Waals surface area (Å²) in [6.45, 7) is 4.95. The SMILES string of the molecule is CN1c2cccc(C3CC3)c2C(C(C)(C)C(=O)N2CCCC3C(C(=O)O)CCCC32)N1C. The summed E-state index contributed by atoms with van der Waals surface area (Å²) in [7, 11) is 4.18. The van der Waals surface area contributed by atoms with Crippen LogP contribution in [0.3, 0.4) is 0 Å². The van der Waals surface area contributed by atoms with E-state index in [0.29, 0.717) is 5.92 Å². The first-order valence-corrected chi connectivity index (χ1v) is 12.4. The number of benzene rings is 1. The molecule has 2 saturated carbocycles. The summed E-state index contributed by atoms with van der Waals surface area (Å²) in [5, 5.41) is 14.2. The van der Waals surface area contributed by atoms with Crippen LogP contribution >= 0.6 is 0 Å². The van der Waals surface area contributed by atoms with E-state index in [1.165, 1.54) is 29.7 Å². The highest BCUT2D eigenvalue weighted by Crippen LogP contribution is 2.55. The maximum absolute atomic E-state index is 14.2. The van der Waals surface area contributed by atoms with E-state index in [0.717, 1.165) is 38.6 Å². The third-order valence-electron chi connectivity index (χ3n) is 8.78. The molecule has 2 aliphatic carbocycles. The normalized spacial score (nSPS) is 30.8. The molecule has 32 heavy (non-hydrogen) atoms. The Bertz CT molecular complexity index is 925. The number of fused-ring (bicyclic) bond motifs is 2. The van der Waals surface area contributed by atoms with Crippen molar-refractivity contribution in [3.05, 3.63) is 29.3 Å². The standard InChI is InChI=1S/C26H37N3O3/c1-26(2,23-22-17(16-13-14-16)8-5-12-21(22)27(3)28(23)4)25(32)29-15-7-10-18-19(24(30)31)9-6-11-20(18)29/h5,8,12,16,18-20,23H,6-7,9-11,13-15H2,1-4H3,(H,30,31). The van der Waals surface area contributed by atoms with Crippen molar-refractivity contribution in [2.75, 3.05) is 25.6 Å². The molecule has 0 radical (unpaired) electrons. The largest absolute Gasteiger partial charge is 0.481 e. The predicted molar refractivity (Wildman–Crippen MR) is 124 cm³/mol. The molecule has 6 heteroatoms. The van der Waals surface area contributed by atoms with Crippen LogP contribution in [0.15, 0.2) is 18.2 Å². The lowest BCUT2D eigenvalue weighted by Gasteiger charge is -2.49. The molecular weight excluding hydrogens is 402 g/mol. The number of likely N-dealkylation sites (tertiary alicyclic amines) is 1. The quantitative estimate of drug-likeness (QED) is 0.752. The Labute approximate surface area is 191 Å². The van der Waals surface area contributed by atoms with Crippen LogP contribution in [-0.4, -0.2) is 53.6 Å². The Morgan fingerprint density at radius 3 is 2.47 bits per heavy atom. The monoisotopic (exact) mass is 439 g/mol. The fourth-order valence-electron chi connectivity index (χ4n) is 6.99. The zero-order valence-corrected chi connectivity index (χ0v) is 19.9. The Morgan fingerprint density at radius 1 is 1.03 bits per heavy atom. The van der Waals surface area contributed by atoms with Gasteiger partial charge < -0.3 is 15.0 Å². The van der Waals surface area contributed by atoms with Gasteiger partial charge in [0.1, 0.15) is 0 Å². The first kappa shape index (κ1) is 21.7. The molecule has 2 aliphatic heterocycles. The molecule has 0 spiro atoms. The Hall–Kier alpha value is -2.08. The third kappa shape index (κ3) is 3.25. The van der Waals surface area contributed by atoms with Crippen LogP contribution in [0, 0.1) is 17.3 Å². The molecule has 5 rings (SSSR count). The average molecular weight is 440 g/mol. The maximum atomic E-state index is 14.2. The second-order valence-corrected chi connectivity index (χ2v) is 11.0. The zero-order valence-electron chi connectivity index (χ0n) is 19.9. The fourth-order valence-corrected chi connectivity index (χ4v) is 6.99. The van der Waals surface area contributed by atoms with E-state index in [1.807, 2.05) is 0 Å². The summed E-state index contributed by atoms with van der Waals surface area (Å²) in [4.78, 5) is 28.2. The number of amides is 1. The summed E-state index contributed by atoms with van der Waals surface area (Å²) in [5.41, 5.74) is 3.32. The van der Waals surface area contributed by atoms with Gasteiger partial charge in [0.2, 0.25) is 5.91 Å². The molecule has 6 nitrogen and oxygen atoms in total. The van der Waals surface area contributed by atoms with E-state index in [4.69, 9.17) is 0 Å². The minimum atomic E-state index is -0.687. The van der Waals surface area contributed by atoms with Gasteiger partial charge in [-0.1, -0.05) is 18.6 Å². The molecule has 2 heterocycles. The second-order valence-electron chi connectivity index (χ2n) is 11.0. The van der Waals surface area contributed by atoms with E-state index in [-0.39, 0.29) is 29.8 Å². The molecule has 4 atom stereocenters. The van der Waals surface area contributed by atoms with E-state index >= 15 is 0 Å². The van der Waals surface area contributed by atoms with Crippen molar-refractivity contribution < 1.29 is 14.7 Å². The first-order valence-electron chi connectivity index (χ1n) is 12.4. The van der Waals surface area contributed by atoms with Gasteiger partial charge in [-0.2, -0.15) is 0 Å². The number of carboxylic acids is 1. The number of hydrazine groups is 1. The molecule has 0 aromatic heterocycles.